The largest absolute Gasteiger partial charge is 0.466 e. The third-order valence-electron chi connectivity index (χ3n) is 8.61. The third kappa shape index (κ3) is 5.11. The van der Waals surface area contributed by atoms with Crippen molar-refractivity contribution < 1.29 is 28.6 Å². The first-order valence-corrected chi connectivity index (χ1v) is 14.9. The van der Waals surface area contributed by atoms with E-state index < -0.39 is 23.8 Å². The number of benzene rings is 1. The van der Waals surface area contributed by atoms with E-state index in [9.17, 15) is 14.4 Å². The second-order valence-corrected chi connectivity index (χ2v) is 11.6. The van der Waals surface area contributed by atoms with Gasteiger partial charge in [0, 0.05) is 16.1 Å². The molecule has 0 amide bonds. The normalized spacial score (nSPS) is 19.7. The van der Waals surface area contributed by atoms with E-state index in [1.54, 1.807) is 6.07 Å². The first-order valence-electron chi connectivity index (χ1n) is 14.0. The topological polar surface area (TPSA) is 90.9 Å². The molecule has 1 aromatic carbocycles. The lowest BCUT2D eigenvalue weighted by atomic mass is 9.72. The summed E-state index contributed by atoms with van der Waals surface area (Å²) >= 11 is 1.42. The number of methoxy groups -OCH3 is 3. The van der Waals surface area contributed by atoms with Crippen molar-refractivity contribution in [2.24, 2.45) is 11.8 Å². The molecule has 0 radical (unpaired) electrons. The number of carbonyl (C=O) groups excluding carboxylic acids is 3. The molecule has 1 aromatic heterocycles. The Hall–Kier alpha value is -3.13. The zero-order valence-electron chi connectivity index (χ0n) is 23.0. The molecule has 39 heavy (non-hydrogen) atoms. The number of thiophene rings is 1. The van der Waals surface area contributed by atoms with E-state index >= 15 is 0 Å². The summed E-state index contributed by atoms with van der Waals surface area (Å²) in [5.41, 5.74) is 4.02. The fourth-order valence-electron chi connectivity index (χ4n) is 6.72. The summed E-state index contributed by atoms with van der Waals surface area (Å²) in [6.45, 7) is 0. The van der Waals surface area contributed by atoms with Crippen LogP contribution in [-0.2, 0) is 23.8 Å². The zero-order chi connectivity index (χ0) is 27.5. The Morgan fingerprint density at radius 3 is 1.74 bits per heavy atom. The van der Waals surface area contributed by atoms with Gasteiger partial charge in [-0.25, -0.2) is 14.4 Å². The van der Waals surface area contributed by atoms with Gasteiger partial charge in [0.25, 0.3) is 0 Å². The number of hydrogen-bond donors (Lipinski definition) is 1. The summed E-state index contributed by atoms with van der Waals surface area (Å²) in [5.74, 6) is -1.60. The van der Waals surface area contributed by atoms with E-state index in [0.29, 0.717) is 16.7 Å². The molecule has 0 unspecified atom stereocenters. The number of dihydropyridines is 1. The summed E-state index contributed by atoms with van der Waals surface area (Å²) in [7, 11) is 4.15. The van der Waals surface area contributed by atoms with E-state index in [2.05, 4.69) is 5.32 Å². The Bertz CT molecular complexity index is 1270. The average Bonchev–Trinajstić information content (AvgIpc) is 3.43. The quantitative estimate of drug-likeness (QED) is 0.329. The maximum Gasteiger partial charge on any atom is 0.339 e. The fraction of sp³-hybridized carbons (Fsp3) is 0.516. The van der Waals surface area contributed by atoms with E-state index in [-0.39, 0.29) is 11.8 Å². The highest BCUT2D eigenvalue weighted by molar-refractivity contribution is 7.17. The second kappa shape index (κ2) is 11.9. The molecular formula is C31H37NO6S. The van der Waals surface area contributed by atoms with Crippen LogP contribution < -0.4 is 5.32 Å². The van der Waals surface area contributed by atoms with Crippen LogP contribution >= 0.6 is 11.3 Å². The Morgan fingerprint density at radius 2 is 1.26 bits per heavy atom. The molecule has 2 aliphatic carbocycles. The van der Waals surface area contributed by atoms with Gasteiger partial charge in [-0.15, -0.1) is 11.3 Å². The van der Waals surface area contributed by atoms with Crippen LogP contribution in [0.5, 0.6) is 0 Å². The molecular weight excluding hydrogens is 514 g/mol. The van der Waals surface area contributed by atoms with Gasteiger partial charge in [-0.05, 0) is 59.9 Å². The number of rotatable bonds is 6. The Kier molecular flexibility index (Phi) is 8.40. The molecule has 2 fully saturated rings. The molecule has 1 aliphatic heterocycles. The third-order valence-corrected chi connectivity index (χ3v) is 9.66. The number of hydrogen-bond acceptors (Lipinski definition) is 8. The van der Waals surface area contributed by atoms with Crippen LogP contribution in [0.15, 0.2) is 46.1 Å². The highest BCUT2D eigenvalue weighted by Crippen LogP contribution is 2.49. The molecule has 8 heteroatoms. The highest BCUT2D eigenvalue weighted by atomic mass is 32.1. The van der Waals surface area contributed by atoms with Gasteiger partial charge in [0.1, 0.15) is 0 Å². The average molecular weight is 552 g/mol. The van der Waals surface area contributed by atoms with Crippen LogP contribution in [0.25, 0.3) is 10.1 Å². The molecule has 5 rings (SSSR count). The molecule has 208 valence electrons. The fourth-order valence-corrected chi connectivity index (χ4v) is 7.82. The maximum atomic E-state index is 13.7. The minimum absolute atomic E-state index is 0.184. The molecule has 2 saturated carbocycles. The molecule has 0 bridgehead atoms. The van der Waals surface area contributed by atoms with Gasteiger partial charge in [0.05, 0.1) is 44.0 Å². The van der Waals surface area contributed by atoms with Crippen molar-refractivity contribution in [2.75, 3.05) is 21.3 Å². The van der Waals surface area contributed by atoms with Crippen LogP contribution in [0, 0.1) is 11.8 Å². The van der Waals surface area contributed by atoms with Crippen molar-refractivity contribution in [3.05, 3.63) is 57.2 Å². The monoisotopic (exact) mass is 551 g/mol. The number of esters is 3. The first kappa shape index (κ1) is 27.4. The highest BCUT2D eigenvalue weighted by Gasteiger charge is 2.44. The molecule has 0 atom stereocenters. The van der Waals surface area contributed by atoms with Crippen LogP contribution in [0.3, 0.4) is 0 Å². The molecule has 3 aliphatic rings. The van der Waals surface area contributed by atoms with Crippen LogP contribution in [0.2, 0.25) is 0 Å². The molecule has 2 heterocycles. The molecule has 0 spiro atoms. The van der Waals surface area contributed by atoms with Gasteiger partial charge in [0.15, 0.2) is 0 Å². The van der Waals surface area contributed by atoms with Gasteiger partial charge in [0.2, 0.25) is 0 Å². The van der Waals surface area contributed by atoms with E-state index in [0.717, 1.165) is 78.4 Å². The van der Waals surface area contributed by atoms with Gasteiger partial charge in [-0.1, -0.05) is 50.7 Å². The Morgan fingerprint density at radius 1 is 0.744 bits per heavy atom. The minimum Gasteiger partial charge on any atom is -0.466 e. The van der Waals surface area contributed by atoms with Crippen LogP contribution in [-0.4, -0.2) is 39.2 Å². The number of allylic oxidation sites excluding steroid dienone is 2. The van der Waals surface area contributed by atoms with Gasteiger partial charge < -0.3 is 19.5 Å². The molecule has 7 nitrogen and oxygen atoms in total. The van der Waals surface area contributed by atoms with Gasteiger partial charge in [-0.2, -0.15) is 0 Å². The van der Waals surface area contributed by atoms with Crippen molar-refractivity contribution in [3.8, 4) is 0 Å². The Balaban J connectivity index is 1.79. The summed E-state index contributed by atoms with van der Waals surface area (Å²) in [4.78, 5) is 39.9. The lowest BCUT2D eigenvalue weighted by Gasteiger charge is -2.39. The summed E-state index contributed by atoms with van der Waals surface area (Å²) < 4.78 is 16.6. The predicted molar refractivity (Wildman–Crippen MR) is 150 cm³/mol. The number of ether oxygens (including phenoxy) is 3. The maximum absolute atomic E-state index is 13.7. The van der Waals surface area contributed by atoms with E-state index in [4.69, 9.17) is 14.2 Å². The Labute approximate surface area is 233 Å². The zero-order valence-corrected chi connectivity index (χ0v) is 23.8. The second-order valence-electron chi connectivity index (χ2n) is 10.7. The van der Waals surface area contributed by atoms with Crippen molar-refractivity contribution in [1.29, 1.82) is 0 Å². The van der Waals surface area contributed by atoms with Crippen molar-refractivity contribution in [1.82, 2.24) is 5.32 Å². The van der Waals surface area contributed by atoms with Crippen molar-refractivity contribution in [3.63, 3.8) is 0 Å². The lowest BCUT2D eigenvalue weighted by molar-refractivity contribution is -0.137. The number of fused-ring (bicyclic) bond motifs is 1. The van der Waals surface area contributed by atoms with E-state index in [1.807, 2.05) is 17.5 Å². The lowest BCUT2D eigenvalue weighted by Crippen LogP contribution is -2.39. The SMILES string of the molecule is COC(=O)C1=C(C2CCCCC2)NC(C2CCCCC2)=C(C(=O)OC)C1c1csc2c(C(=O)OC)cccc12. The van der Waals surface area contributed by atoms with Crippen LogP contribution in [0.1, 0.15) is 86.0 Å². The predicted octanol–water partition coefficient (Wildman–Crippen LogP) is 6.39. The van der Waals surface area contributed by atoms with Gasteiger partial charge in [-0.3, -0.25) is 0 Å². The minimum atomic E-state index is -0.665. The van der Waals surface area contributed by atoms with Crippen LogP contribution in [0.4, 0.5) is 0 Å². The summed E-state index contributed by atoms with van der Waals surface area (Å²) in [6, 6.07) is 5.50. The molecule has 1 N–H and O–H groups in total. The van der Waals surface area contributed by atoms with Crippen molar-refractivity contribution in [2.45, 2.75) is 70.1 Å². The molecule has 0 saturated heterocycles. The number of nitrogens with one attached hydrogen (secondary N) is 1. The van der Waals surface area contributed by atoms with Gasteiger partial charge >= 0.3 is 17.9 Å². The van der Waals surface area contributed by atoms with E-state index in [1.165, 1.54) is 45.5 Å². The summed E-state index contributed by atoms with van der Waals surface area (Å²) in [5, 5.41) is 6.48. The number of carbonyl (C=O) groups is 3. The first-order chi connectivity index (χ1) is 19.0. The van der Waals surface area contributed by atoms with Crippen molar-refractivity contribution >= 4 is 39.3 Å². The molecule has 2 aromatic rings. The smallest absolute Gasteiger partial charge is 0.339 e. The standard InChI is InChI=1S/C31H37NO6S/c1-36-29(33)21-16-10-15-20-22(17-39-28(20)21)23-24(30(34)37-2)26(18-11-6-4-7-12-18)32-27(25(23)31(35)38-3)19-13-8-5-9-14-19/h10,15-19,23,32H,4-9,11-14H2,1-3H3. The summed E-state index contributed by atoms with van der Waals surface area (Å²) in [6.07, 6.45) is 10.7.